The van der Waals surface area contributed by atoms with E-state index in [1.54, 1.807) is 12.1 Å². The Morgan fingerprint density at radius 2 is 1.86 bits per heavy atom. The molecule has 0 radical (unpaired) electrons. The fraction of sp³-hybridized carbons (Fsp3) is 0.286. The summed E-state index contributed by atoms with van der Waals surface area (Å²) in [5.74, 6) is 0.726. The zero-order valence-electron chi connectivity index (χ0n) is 15.6. The summed E-state index contributed by atoms with van der Waals surface area (Å²) in [6.45, 7) is 5.36. The molecule has 28 heavy (non-hydrogen) atoms. The third kappa shape index (κ3) is 4.09. The first kappa shape index (κ1) is 18.3. The summed E-state index contributed by atoms with van der Waals surface area (Å²) in [5, 5.41) is 4.02. The van der Waals surface area contributed by atoms with Crippen LogP contribution in [-0.2, 0) is 6.54 Å². The molecule has 1 aromatic heterocycles. The SMILES string of the molecule is Cc1cccc(C(=O)N2CCN(Cc3noc(-c4ccc(F)cc4)n3)CC2)c1. The first-order valence-corrected chi connectivity index (χ1v) is 9.25. The molecule has 2 aromatic carbocycles. The van der Waals surface area contributed by atoms with Crippen LogP contribution in [0.4, 0.5) is 4.39 Å². The van der Waals surface area contributed by atoms with Crippen molar-refractivity contribution in [2.45, 2.75) is 13.5 Å². The van der Waals surface area contributed by atoms with Gasteiger partial charge in [0.1, 0.15) is 5.82 Å². The summed E-state index contributed by atoms with van der Waals surface area (Å²) < 4.78 is 18.3. The van der Waals surface area contributed by atoms with Gasteiger partial charge in [-0.25, -0.2) is 4.39 Å². The third-order valence-electron chi connectivity index (χ3n) is 4.85. The van der Waals surface area contributed by atoms with E-state index in [0.717, 1.165) is 24.2 Å². The fourth-order valence-corrected chi connectivity index (χ4v) is 3.30. The van der Waals surface area contributed by atoms with Crippen molar-refractivity contribution < 1.29 is 13.7 Å². The molecule has 1 aliphatic rings. The summed E-state index contributed by atoms with van der Waals surface area (Å²) in [5.41, 5.74) is 2.50. The van der Waals surface area contributed by atoms with Gasteiger partial charge in [-0.2, -0.15) is 4.98 Å². The number of amides is 1. The Hall–Kier alpha value is -3.06. The maximum absolute atomic E-state index is 13.0. The van der Waals surface area contributed by atoms with Crippen LogP contribution in [0, 0.1) is 12.7 Å². The summed E-state index contributed by atoms with van der Waals surface area (Å²) >= 11 is 0. The fourth-order valence-electron chi connectivity index (χ4n) is 3.30. The number of nitrogens with zero attached hydrogens (tertiary/aromatic N) is 4. The Balaban J connectivity index is 1.33. The van der Waals surface area contributed by atoms with Crippen LogP contribution >= 0.6 is 0 Å². The summed E-state index contributed by atoms with van der Waals surface area (Å²) in [6, 6.07) is 13.6. The summed E-state index contributed by atoms with van der Waals surface area (Å²) in [4.78, 5) is 21.1. The molecule has 4 rings (SSSR count). The van der Waals surface area contributed by atoms with Gasteiger partial charge in [0.2, 0.25) is 0 Å². The molecule has 6 nitrogen and oxygen atoms in total. The standard InChI is InChI=1S/C21H21FN4O2/c1-15-3-2-4-17(13-15)21(27)26-11-9-25(10-12-26)14-19-23-20(28-24-19)16-5-7-18(22)8-6-16/h2-8,13H,9-12,14H2,1H3. The lowest BCUT2D eigenvalue weighted by molar-refractivity contribution is 0.0624. The molecule has 0 aliphatic carbocycles. The molecule has 7 heteroatoms. The van der Waals surface area contributed by atoms with Crippen LogP contribution in [0.3, 0.4) is 0 Å². The Labute approximate surface area is 162 Å². The normalized spacial score (nSPS) is 15.0. The van der Waals surface area contributed by atoms with E-state index in [4.69, 9.17) is 4.52 Å². The number of hydrogen-bond acceptors (Lipinski definition) is 5. The van der Waals surface area contributed by atoms with Gasteiger partial charge >= 0.3 is 0 Å². The van der Waals surface area contributed by atoms with Crippen LogP contribution in [0.1, 0.15) is 21.7 Å². The number of carbonyl (C=O) groups is 1. The van der Waals surface area contributed by atoms with E-state index in [1.807, 2.05) is 36.1 Å². The Morgan fingerprint density at radius 3 is 2.57 bits per heavy atom. The van der Waals surface area contributed by atoms with E-state index < -0.39 is 0 Å². The van der Waals surface area contributed by atoms with Gasteiger partial charge in [-0.05, 0) is 43.3 Å². The van der Waals surface area contributed by atoms with E-state index in [-0.39, 0.29) is 11.7 Å². The highest BCUT2D eigenvalue weighted by molar-refractivity contribution is 5.94. The van der Waals surface area contributed by atoms with Crippen molar-refractivity contribution >= 4 is 5.91 Å². The molecular weight excluding hydrogens is 359 g/mol. The Kier molecular flexibility index (Phi) is 5.16. The van der Waals surface area contributed by atoms with E-state index in [0.29, 0.717) is 36.9 Å². The number of carbonyl (C=O) groups excluding carboxylic acids is 1. The van der Waals surface area contributed by atoms with Crippen molar-refractivity contribution in [2.24, 2.45) is 0 Å². The van der Waals surface area contributed by atoms with Gasteiger partial charge in [0, 0.05) is 37.3 Å². The van der Waals surface area contributed by atoms with Crippen molar-refractivity contribution in [3.05, 3.63) is 71.3 Å². The second-order valence-electron chi connectivity index (χ2n) is 6.96. The number of hydrogen-bond donors (Lipinski definition) is 0. The first-order valence-electron chi connectivity index (χ1n) is 9.25. The summed E-state index contributed by atoms with van der Waals surface area (Å²) in [6.07, 6.45) is 0. The zero-order valence-corrected chi connectivity index (χ0v) is 15.6. The number of rotatable bonds is 4. The molecule has 1 saturated heterocycles. The Morgan fingerprint density at radius 1 is 1.11 bits per heavy atom. The average Bonchev–Trinajstić information content (AvgIpc) is 3.17. The lowest BCUT2D eigenvalue weighted by Gasteiger charge is -2.34. The van der Waals surface area contributed by atoms with Crippen molar-refractivity contribution in [2.75, 3.05) is 26.2 Å². The van der Waals surface area contributed by atoms with Gasteiger partial charge in [-0.3, -0.25) is 9.69 Å². The predicted octanol–water partition coefficient (Wildman–Crippen LogP) is 3.14. The highest BCUT2D eigenvalue weighted by Crippen LogP contribution is 2.18. The smallest absolute Gasteiger partial charge is 0.257 e. The topological polar surface area (TPSA) is 62.5 Å². The molecule has 0 unspecified atom stereocenters. The lowest BCUT2D eigenvalue weighted by Crippen LogP contribution is -2.48. The van der Waals surface area contributed by atoms with Gasteiger partial charge in [0.15, 0.2) is 5.82 Å². The van der Waals surface area contributed by atoms with Gasteiger partial charge in [0.25, 0.3) is 11.8 Å². The van der Waals surface area contributed by atoms with Gasteiger partial charge < -0.3 is 9.42 Å². The zero-order chi connectivity index (χ0) is 19.5. The van der Waals surface area contributed by atoms with Crippen LogP contribution in [0.25, 0.3) is 11.5 Å². The number of aryl methyl sites for hydroxylation is 1. The molecule has 0 bridgehead atoms. The number of aromatic nitrogens is 2. The largest absolute Gasteiger partial charge is 0.336 e. The molecular formula is C21H21FN4O2. The monoisotopic (exact) mass is 380 g/mol. The van der Waals surface area contributed by atoms with Crippen LogP contribution in [0.5, 0.6) is 0 Å². The van der Waals surface area contributed by atoms with Crippen molar-refractivity contribution in [3.63, 3.8) is 0 Å². The van der Waals surface area contributed by atoms with E-state index in [1.165, 1.54) is 12.1 Å². The average molecular weight is 380 g/mol. The highest BCUT2D eigenvalue weighted by Gasteiger charge is 2.23. The third-order valence-corrected chi connectivity index (χ3v) is 4.85. The minimum atomic E-state index is -0.304. The maximum Gasteiger partial charge on any atom is 0.257 e. The predicted molar refractivity (Wildman–Crippen MR) is 102 cm³/mol. The number of benzene rings is 2. The van der Waals surface area contributed by atoms with Gasteiger partial charge in [0.05, 0.1) is 6.54 Å². The molecule has 2 heterocycles. The molecule has 1 fully saturated rings. The first-order chi connectivity index (χ1) is 13.6. The molecule has 0 N–H and O–H groups in total. The van der Waals surface area contributed by atoms with Crippen LogP contribution in [0.2, 0.25) is 0 Å². The van der Waals surface area contributed by atoms with Crippen molar-refractivity contribution in [1.29, 1.82) is 0 Å². The molecule has 1 amide bonds. The Bertz CT molecular complexity index is 963. The van der Waals surface area contributed by atoms with Crippen LogP contribution in [-0.4, -0.2) is 52.0 Å². The molecule has 1 aliphatic heterocycles. The maximum atomic E-state index is 13.0. The van der Waals surface area contributed by atoms with Gasteiger partial charge in [-0.1, -0.05) is 22.9 Å². The van der Waals surface area contributed by atoms with Crippen LogP contribution < -0.4 is 0 Å². The number of halogens is 1. The molecule has 0 saturated carbocycles. The number of piperazine rings is 1. The minimum absolute atomic E-state index is 0.0708. The second kappa shape index (κ2) is 7.90. The van der Waals surface area contributed by atoms with E-state index in [2.05, 4.69) is 15.0 Å². The van der Waals surface area contributed by atoms with Gasteiger partial charge in [-0.15, -0.1) is 0 Å². The summed E-state index contributed by atoms with van der Waals surface area (Å²) in [7, 11) is 0. The minimum Gasteiger partial charge on any atom is -0.336 e. The molecule has 0 spiro atoms. The van der Waals surface area contributed by atoms with Crippen LogP contribution in [0.15, 0.2) is 53.1 Å². The highest BCUT2D eigenvalue weighted by atomic mass is 19.1. The molecule has 0 atom stereocenters. The van der Waals surface area contributed by atoms with E-state index in [9.17, 15) is 9.18 Å². The van der Waals surface area contributed by atoms with Crippen molar-refractivity contribution in [1.82, 2.24) is 19.9 Å². The lowest BCUT2D eigenvalue weighted by atomic mass is 10.1. The molecule has 144 valence electrons. The molecule has 3 aromatic rings. The van der Waals surface area contributed by atoms with Crippen molar-refractivity contribution in [3.8, 4) is 11.5 Å². The van der Waals surface area contributed by atoms with E-state index >= 15 is 0 Å². The quantitative estimate of drug-likeness (QED) is 0.696. The second-order valence-corrected chi connectivity index (χ2v) is 6.96.